The van der Waals surface area contributed by atoms with Crippen LogP contribution in [0, 0.1) is 0 Å². The molecule has 0 saturated heterocycles. The molecule has 0 radical (unpaired) electrons. The van der Waals surface area contributed by atoms with Gasteiger partial charge in [0.25, 0.3) is 0 Å². The van der Waals surface area contributed by atoms with Gasteiger partial charge in [0.2, 0.25) is 5.91 Å². The van der Waals surface area contributed by atoms with Gasteiger partial charge in [-0.3, -0.25) is 9.59 Å². The Morgan fingerprint density at radius 2 is 1.52 bits per heavy atom. The second kappa shape index (κ2) is 16.4. The molecule has 2 aliphatic rings. The molecule has 0 aromatic rings. The Hall–Kier alpha value is -1.28. The fraction of sp³-hybridized carbons (Fsp3) is 0.870. The molecule has 180 valence electrons. The minimum absolute atomic E-state index is 0.0559. The van der Waals surface area contributed by atoms with Gasteiger partial charge >= 0.3 is 11.9 Å². The molecular weight excluding hydrogens is 416 g/mol. The van der Waals surface area contributed by atoms with Crippen molar-refractivity contribution < 1.29 is 24.2 Å². The highest BCUT2D eigenvalue weighted by Crippen LogP contribution is 2.22. The first kappa shape index (κ1) is 27.8. The number of hydrogen-bond donors (Lipinski definition) is 3. The lowest BCUT2D eigenvalue weighted by molar-refractivity contribution is -0.143. The van der Waals surface area contributed by atoms with Crippen LogP contribution in [-0.2, 0) is 19.1 Å². The Kier molecular flexibility index (Phi) is 14.7. The number of ether oxygens (including phenoxy) is 1. The van der Waals surface area contributed by atoms with Gasteiger partial charge in [-0.2, -0.15) is 11.8 Å². The first-order valence-corrected chi connectivity index (χ1v) is 12.9. The molecule has 1 amide bonds. The van der Waals surface area contributed by atoms with Gasteiger partial charge in [-0.1, -0.05) is 45.4 Å². The minimum Gasteiger partial charge on any atom is -0.480 e. The number of esters is 1. The van der Waals surface area contributed by atoms with Gasteiger partial charge in [-0.25, -0.2) is 4.79 Å². The topological polar surface area (TPSA) is 105 Å². The number of carboxylic acids is 1. The van der Waals surface area contributed by atoms with Crippen LogP contribution in [-0.4, -0.2) is 58.7 Å². The normalized spacial score (nSPS) is 19.5. The highest BCUT2D eigenvalue weighted by Gasteiger charge is 2.21. The molecule has 0 spiro atoms. The standard InChI is InChI=1S/C12H23N.C11H19NO5S/c1-3-7-11(8-4-1)13-12-9-5-2-6-10-12;1-4-17-10(14)5-7(2)18-6-9(11(15)16)12-8(3)13/h11-13H,1-10H2;7,9H,4-6H2,1-3H3,(H,12,13)(H,15,16)/t;7?,9-/m.0/s1. The van der Waals surface area contributed by atoms with E-state index >= 15 is 0 Å². The van der Waals surface area contributed by atoms with E-state index in [0.29, 0.717) is 6.61 Å². The fourth-order valence-electron chi connectivity index (χ4n) is 4.07. The van der Waals surface area contributed by atoms with Crippen LogP contribution in [0.2, 0.25) is 0 Å². The molecule has 0 aliphatic heterocycles. The first-order chi connectivity index (χ1) is 14.8. The zero-order valence-corrected chi connectivity index (χ0v) is 20.3. The third-order valence-corrected chi connectivity index (χ3v) is 6.93. The third-order valence-electron chi connectivity index (χ3n) is 5.66. The third kappa shape index (κ3) is 13.7. The molecule has 7 nitrogen and oxygen atoms in total. The van der Waals surface area contributed by atoms with Crippen molar-refractivity contribution in [2.24, 2.45) is 0 Å². The summed E-state index contributed by atoms with van der Waals surface area (Å²) < 4.78 is 4.79. The van der Waals surface area contributed by atoms with Crippen LogP contribution >= 0.6 is 11.8 Å². The Balaban J connectivity index is 0.000000323. The lowest BCUT2D eigenvalue weighted by atomic mass is 9.91. The summed E-state index contributed by atoms with van der Waals surface area (Å²) in [5.41, 5.74) is 0. The van der Waals surface area contributed by atoms with E-state index in [2.05, 4.69) is 10.6 Å². The van der Waals surface area contributed by atoms with Crippen LogP contribution in [0.15, 0.2) is 0 Å². The van der Waals surface area contributed by atoms with Crippen molar-refractivity contribution in [1.82, 2.24) is 10.6 Å². The molecule has 2 aliphatic carbocycles. The van der Waals surface area contributed by atoms with Crippen LogP contribution in [0.3, 0.4) is 0 Å². The summed E-state index contributed by atoms with van der Waals surface area (Å²) in [6, 6.07) is 0.811. The quantitative estimate of drug-likeness (QED) is 0.427. The summed E-state index contributed by atoms with van der Waals surface area (Å²) in [5, 5.41) is 15.0. The van der Waals surface area contributed by atoms with E-state index < -0.39 is 12.0 Å². The summed E-state index contributed by atoms with van der Waals surface area (Å²) in [7, 11) is 0. The van der Waals surface area contributed by atoms with Crippen molar-refractivity contribution in [2.75, 3.05) is 12.4 Å². The molecule has 3 N–H and O–H groups in total. The number of nitrogens with one attached hydrogen (secondary N) is 2. The smallest absolute Gasteiger partial charge is 0.327 e. The summed E-state index contributed by atoms with van der Waals surface area (Å²) in [6.45, 7) is 5.14. The number of rotatable bonds is 10. The molecule has 0 aromatic carbocycles. The van der Waals surface area contributed by atoms with E-state index in [1.807, 2.05) is 6.92 Å². The van der Waals surface area contributed by atoms with Crippen molar-refractivity contribution >= 4 is 29.6 Å². The van der Waals surface area contributed by atoms with Gasteiger partial charge in [0.15, 0.2) is 0 Å². The number of carboxylic acid groups (broad SMARTS) is 1. The predicted octanol–water partition coefficient (Wildman–Crippen LogP) is 3.89. The van der Waals surface area contributed by atoms with E-state index in [0.717, 1.165) is 12.1 Å². The minimum atomic E-state index is -1.08. The largest absolute Gasteiger partial charge is 0.480 e. The number of thioether (sulfide) groups is 1. The van der Waals surface area contributed by atoms with Crippen molar-refractivity contribution in [3.05, 3.63) is 0 Å². The molecule has 31 heavy (non-hydrogen) atoms. The van der Waals surface area contributed by atoms with E-state index in [-0.39, 0.29) is 29.3 Å². The van der Waals surface area contributed by atoms with Crippen LogP contribution in [0.5, 0.6) is 0 Å². The van der Waals surface area contributed by atoms with Gasteiger partial charge in [-0.05, 0) is 32.6 Å². The Bertz CT molecular complexity index is 518. The van der Waals surface area contributed by atoms with Crippen molar-refractivity contribution in [3.63, 3.8) is 0 Å². The highest BCUT2D eigenvalue weighted by molar-refractivity contribution is 7.99. The molecule has 8 heteroatoms. The summed E-state index contributed by atoms with van der Waals surface area (Å²) in [4.78, 5) is 32.8. The average Bonchev–Trinajstić information content (AvgIpc) is 2.73. The SMILES string of the molecule is C1CCC(NC2CCCCC2)CC1.CCOC(=O)CC(C)SC[C@H](NC(C)=O)C(=O)O. The lowest BCUT2D eigenvalue weighted by Gasteiger charge is -2.30. The van der Waals surface area contributed by atoms with Gasteiger partial charge in [0.05, 0.1) is 13.0 Å². The number of carbonyl (C=O) groups is 3. The maximum atomic E-state index is 11.2. The van der Waals surface area contributed by atoms with E-state index in [9.17, 15) is 14.4 Å². The van der Waals surface area contributed by atoms with Crippen molar-refractivity contribution in [1.29, 1.82) is 0 Å². The van der Waals surface area contributed by atoms with Crippen LogP contribution in [0.1, 0.15) is 91.4 Å². The number of hydrogen-bond acceptors (Lipinski definition) is 6. The number of amides is 1. The summed E-state index contributed by atoms with van der Waals surface area (Å²) >= 11 is 1.31. The molecule has 2 atom stereocenters. The Morgan fingerprint density at radius 1 is 1.00 bits per heavy atom. The van der Waals surface area contributed by atoms with E-state index in [4.69, 9.17) is 9.84 Å². The van der Waals surface area contributed by atoms with Crippen LogP contribution in [0.4, 0.5) is 0 Å². The average molecular weight is 459 g/mol. The lowest BCUT2D eigenvalue weighted by Crippen LogP contribution is -2.41. The molecule has 0 heterocycles. The van der Waals surface area contributed by atoms with Crippen molar-refractivity contribution in [3.8, 4) is 0 Å². The Labute approximate surface area is 191 Å². The maximum Gasteiger partial charge on any atom is 0.327 e. The number of aliphatic carboxylic acids is 1. The maximum absolute atomic E-state index is 11.2. The molecule has 2 rings (SSSR count). The fourth-order valence-corrected chi connectivity index (χ4v) is 5.07. The second-order valence-corrected chi connectivity index (χ2v) is 10.1. The number of carbonyl (C=O) groups excluding carboxylic acids is 2. The van der Waals surface area contributed by atoms with E-state index in [1.54, 1.807) is 6.92 Å². The highest BCUT2D eigenvalue weighted by atomic mass is 32.2. The van der Waals surface area contributed by atoms with Gasteiger partial charge < -0.3 is 20.5 Å². The monoisotopic (exact) mass is 458 g/mol. The predicted molar refractivity (Wildman–Crippen MR) is 125 cm³/mol. The second-order valence-electron chi connectivity index (χ2n) is 8.58. The summed E-state index contributed by atoms with van der Waals surface area (Å²) in [6.07, 6.45) is 14.8. The molecular formula is C23H42N2O5S. The van der Waals surface area contributed by atoms with E-state index in [1.165, 1.54) is 82.9 Å². The molecule has 2 fully saturated rings. The van der Waals surface area contributed by atoms with Crippen molar-refractivity contribution in [2.45, 2.75) is 115 Å². The van der Waals surface area contributed by atoms with Gasteiger partial charge in [0, 0.05) is 30.0 Å². The molecule has 1 unspecified atom stereocenters. The zero-order valence-electron chi connectivity index (χ0n) is 19.5. The molecule has 2 saturated carbocycles. The Morgan fingerprint density at radius 3 is 1.94 bits per heavy atom. The molecule has 0 aromatic heterocycles. The van der Waals surface area contributed by atoms with Crippen LogP contribution in [0.25, 0.3) is 0 Å². The first-order valence-electron chi connectivity index (χ1n) is 11.8. The van der Waals surface area contributed by atoms with Gasteiger partial charge in [-0.15, -0.1) is 0 Å². The van der Waals surface area contributed by atoms with Crippen LogP contribution < -0.4 is 10.6 Å². The summed E-state index contributed by atoms with van der Waals surface area (Å²) in [5.74, 6) is -1.55. The van der Waals surface area contributed by atoms with Gasteiger partial charge in [0.1, 0.15) is 6.04 Å². The molecule has 0 bridgehead atoms. The zero-order chi connectivity index (χ0) is 23.1.